The molecule has 30 heavy (non-hydrogen) atoms. The number of nitrogens with one attached hydrogen (secondary N) is 2. The fraction of sp³-hybridized carbons (Fsp3) is 0.500. The Morgan fingerprint density at radius 1 is 1.37 bits per heavy atom. The molecule has 1 aliphatic rings. The molecule has 0 aliphatic carbocycles. The summed E-state index contributed by atoms with van der Waals surface area (Å²) in [6, 6.07) is 5.94. The van der Waals surface area contributed by atoms with Crippen LogP contribution in [0.4, 0.5) is 21.6 Å². The van der Waals surface area contributed by atoms with E-state index >= 15 is 0 Å². The Morgan fingerprint density at radius 3 is 2.93 bits per heavy atom. The second-order valence-electron chi connectivity index (χ2n) is 8.49. The van der Waals surface area contributed by atoms with Crippen LogP contribution in [0.3, 0.4) is 0 Å². The third-order valence-corrected chi connectivity index (χ3v) is 5.46. The summed E-state index contributed by atoms with van der Waals surface area (Å²) in [5, 5.41) is 12.2. The Balaban J connectivity index is 1.51. The number of anilines is 3. The summed E-state index contributed by atoms with van der Waals surface area (Å²) in [4.78, 5) is 18.9. The minimum atomic E-state index is -0.502. The van der Waals surface area contributed by atoms with Crippen molar-refractivity contribution in [3.63, 3.8) is 0 Å². The van der Waals surface area contributed by atoms with Crippen LogP contribution in [-0.4, -0.2) is 54.7 Å². The summed E-state index contributed by atoms with van der Waals surface area (Å²) in [6.45, 7) is 8.87. The molecule has 1 atom stereocenters. The zero-order valence-electron chi connectivity index (χ0n) is 17.7. The van der Waals surface area contributed by atoms with Crippen molar-refractivity contribution in [2.24, 2.45) is 0 Å². The van der Waals surface area contributed by atoms with Crippen molar-refractivity contribution in [2.75, 3.05) is 23.7 Å². The number of aryl methyl sites for hydroxylation is 1. The van der Waals surface area contributed by atoms with Gasteiger partial charge in [-0.3, -0.25) is 0 Å². The number of rotatable bonds is 4. The monoisotopic (exact) mass is 429 g/mol. The maximum absolute atomic E-state index is 12.5. The van der Waals surface area contributed by atoms with Crippen molar-refractivity contribution >= 4 is 39.9 Å². The number of fused-ring (bicyclic) bond motifs is 1. The lowest BCUT2D eigenvalue weighted by Crippen LogP contribution is -2.47. The first-order valence-corrected chi connectivity index (χ1v) is 10.8. The number of carbonyl (C=O) groups excluding carboxylic acids is 1. The summed E-state index contributed by atoms with van der Waals surface area (Å²) >= 11 is 1.37. The van der Waals surface area contributed by atoms with Crippen LogP contribution in [-0.2, 0) is 4.74 Å². The lowest BCUT2D eigenvalue weighted by molar-refractivity contribution is 0.0206. The molecule has 0 radical (unpaired) electrons. The summed E-state index contributed by atoms with van der Waals surface area (Å²) in [5.74, 6) is 1.22. The van der Waals surface area contributed by atoms with E-state index in [0.717, 1.165) is 34.9 Å². The molecule has 1 amide bonds. The van der Waals surface area contributed by atoms with Crippen LogP contribution < -0.4 is 10.6 Å². The van der Waals surface area contributed by atoms with Crippen molar-refractivity contribution in [2.45, 2.75) is 52.2 Å². The molecule has 3 aromatic heterocycles. The van der Waals surface area contributed by atoms with Crippen molar-refractivity contribution < 1.29 is 9.53 Å². The smallest absolute Gasteiger partial charge is 0.410 e. The summed E-state index contributed by atoms with van der Waals surface area (Å²) in [5.41, 5.74) is 1.33. The Kier molecular flexibility index (Phi) is 5.50. The highest BCUT2D eigenvalue weighted by atomic mass is 32.1. The number of hydrogen-bond donors (Lipinski definition) is 2. The molecule has 0 bridgehead atoms. The normalized spacial score (nSPS) is 17.2. The quantitative estimate of drug-likeness (QED) is 0.646. The predicted molar refractivity (Wildman–Crippen MR) is 118 cm³/mol. The lowest BCUT2D eigenvalue weighted by atomic mass is 10.1. The molecule has 0 spiro atoms. The van der Waals surface area contributed by atoms with Gasteiger partial charge in [-0.2, -0.15) is 9.36 Å². The molecule has 4 heterocycles. The number of piperidine rings is 1. The molecular weight excluding hydrogens is 402 g/mol. The van der Waals surface area contributed by atoms with Gasteiger partial charge in [0.1, 0.15) is 16.1 Å². The minimum Gasteiger partial charge on any atom is -0.444 e. The number of aromatic nitrogens is 4. The van der Waals surface area contributed by atoms with Crippen molar-refractivity contribution in [3.05, 3.63) is 30.1 Å². The van der Waals surface area contributed by atoms with Gasteiger partial charge < -0.3 is 20.3 Å². The third kappa shape index (κ3) is 4.81. The molecule has 10 heteroatoms. The molecular formula is C20H27N7O2S. The first-order chi connectivity index (χ1) is 14.3. The molecule has 4 rings (SSSR count). The molecule has 0 unspecified atom stereocenters. The summed E-state index contributed by atoms with van der Waals surface area (Å²) in [6.07, 6.45) is 3.48. The fourth-order valence-electron chi connectivity index (χ4n) is 3.41. The molecule has 9 nitrogen and oxygen atoms in total. The SMILES string of the molecule is Cc1cc(Nc2nc(N[C@@H]3CCCN(C(=O)OC(C)(C)C)C3)c3cccn3n2)sn1. The van der Waals surface area contributed by atoms with E-state index in [1.165, 1.54) is 11.5 Å². The number of ether oxygens (including phenoxy) is 1. The third-order valence-electron chi connectivity index (χ3n) is 4.67. The van der Waals surface area contributed by atoms with Crippen molar-refractivity contribution in [1.82, 2.24) is 23.9 Å². The maximum atomic E-state index is 12.5. The van der Waals surface area contributed by atoms with Crippen LogP contribution in [0.25, 0.3) is 5.52 Å². The molecule has 1 fully saturated rings. The van der Waals surface area contributed by atoms with Gasteiger partial charge in [-0.25, -0.2) is 9.31 Å². The van der Waals surface area contributed by atoms with Crippen molar-refractivity contribution in [3.8, 4) is 0 Å². The highest BCUT2D eigenvalue weighted by Crippen LogP contribution is 2.24. The Bertz CT molecular complexity index is 1040. The molecule has 3 aromatic rings. The van der Waals surface area contributed by atoms with Crippen LogP contribution in [0.1, 0.15) is 39.3 Å². The lowest BCUT2D eigenvalue weighted by Gasteiger charge is -2.34. The van der Waals surface area contributed by atoms with Gasteiger partial charge in [0.2, 0.25) is 5.95 Å². The van der Waals surface area contributed by atoms with E-state index in [1.54, 1.807) is 9.42 Å². The number of hydrogen-bond acceptors (Lipinski definition) is 8. The van der Waals surface area contributed by atoms with Gasteiger partial charge in [-0.05, 0) is 70.3 Å². The van der Waals surface area contributed by atoms with Gasteiger partial charge >= 0.3 is 6.09 Å². The largest absolute Gasteiger partial charge is 0.444 e. The second-order valence-corrected chi connectivity index (χ2v) is 9.29. The zero-order chi connectivity index (χ0) is 21.3. The Hall–Kier alpha value is -2.88. The van der Waals surface area contributed by atoms with E-state index in [1.807, 2.05) is 52.1 Å². The van der Waals surface area contributed by atoms with Gasteiger partial charge in [0, 0.05) is 25.3 Å². The molecule has 0 saturated carbocycles. The van der Waals surface area contributed by atoms with E-state index in [9.17, 15) is 4.79 Å². The summed E-state index contributed by atoms with van der Waals surface area (Å²) < 4.78 is 11.6. The number of nitrogens with zero attached hydrogens (tertiary/aromatic N) is 5. The number of likely N-dealkylation sites (tertiary alicyclic amines) is 1. The van der Waals surface area contributed by atoms with Crippen LogP contribution >= 0.6 is 11.5 Å². The molecule has 2 N–H and O–H groups in total. The highest BCUT2D eigenvalue weighted by Gasteiger charge is 2.28. The topological polar surface area (TPSA) is 96.7 Å². The second kappa shape index (κ2) is 8.10. The van der Waals surface area contributed by atoms with Gasteiger partial charge in [0.25, 0.3) is 0 Å². The van der Waals surface area contributed by atoms with Gasteiger partial charge in [-0.1, -0.05) is 0 Å². The Labute approximate surface area is 179 Å². The van der Waals surface area contributed by atoms with E-state index in [0.29, 0.717) is 19.0 Å². The first-order valence-electron chi connectivity index (χ1n) is 10.1. The molecule has 1 aliphatic heterocycles. The van der Waals surface area contributed by atoms with E-state index < -0.39 is 5.60 Å². The molecule has 1 saturated heterocycles. The number of carbonyl (C=O) groups is 1. The van der Waals surface area contributed by atoms with Crippen LogP contribution in [0, 0.1) is 6.92 Å². The number of amides is 1. The van der Waals surface area contributed by atoms with Crippen molar-refractivity contribution in [1.29, 1.82) is 0 Å². The zero-order valence-corrected chi connectivity index (χ0v) is 18.5. The molecule has 0 aromatic carbocycles. The van der Waals surface area contributed by atoms with Gasteiger partial charge in [-0.15, -0.1) is 5.10 Å². The van der Waals surface area contributed by atoms with E-state index in [2.05, 4.69) is 20.1 Å². The minimum absolute atomic E-state index is 0.0818. The highest BCUT2D eigenvalue weighted by molar-refractivity contribution is 7.10. The van der Waals surface area contributed by atoms with Gasteiger partial charge in [0.15, 0.2) is 5.82 Å². The first kappa shape index (κ1) is 20.4. The van der Waals surface area contributed by atoms with E-state index in [-0.39, 0.29) is 12.1 Å². The fourth-order valence-corrected chi connectivity index (χ4v) is 4.06. The predicted octanol–water partition coefficient (Wildman–Crippen LogP) is 4.05. The van der Waals surface area contributed by atoms with E-state index in [4.69, 9.17) is 9.72 Å². The average Bonchev–Trinajstić information content (AvgIpc) is 3.29. The van der Waals surface area contributed by atoms with Gasteiger partial charge in [0.05, 0.1) is 5.69 Å². The Morgan fingerprint density at radius 2 is 2.20 bits per heavy atom. The standard InChI is InChI=1S/C20H27N7O2S/c1-13-11-16(30-25-13)22-18-23-17(15-8-6-10-27(15)24-18)21-14-7-5-9-26(12-14)19(28)29-20(2,3)4/h6,8,10-11,14H,5,7,9,12H2,1-4H3,(H2,21,22,23,24)/t14-/m1/s1. The van der Waals surface area contributed by atoms with Crippen LogP contribution in [0.5, 0.6) is 0 Å². The van der Waals surface area contributed by atoms with Crippen LogP contribution in [0.2, 0.25) is 0 Å². The molecule has 160 valence electrons. The average molecular weight is 430 g/mol. The van der Waals surface area contributed by atoms with Crippen LogP contribution in [0.15, 0.2) is 24.4 Å². The maximum Gasteiger partial charge on any atom is 0.410 e. The summed E-state index contributed by atoms with van der Waals surface area (Å²) in [7, 11) is 0.